The van der Waals surface area contributed by atoms with Crippen LogP contribution in [-0.4, -0.2) is 13.0 Å². The third-order valence-corrected chi connectivity index (χ3v) is 3.36. The molecule has 0 aromatic heterocycles. The molecule has 0 aliphatic heterocycles. The summed E-state index contributed by atoms with van der Waals surface area (Å²) in [5.74, 6) is 0. The summed E-state index contributed by atoms with van der Waals surface area (Å²) in [7, 11) is -4.24. The summed E-state index contributed by atoms with van der Waals surface area (Å²) < 4.78 is 30.8. The van der Waals surface area contributed by atoms with Crippen LogP contribution in [0.1, 0.15) is 0 Å². The maximum absolute atomic E-state index is 11.0. The van der Waals surface area contributed by atoms with Crippen molar-refractivity contribution >= 4 is 32.9 Å². The Morgan fingerprint density at radius 3 is 2.16 bits per heavy atom. The van der Waals surface area contributed by atoms with Gasteiger partial charge in [-0.25, -0.2) is 0 Å². The molecule has 0 saturated heterocycles. The summed E-state index contributed by atoms with van der Waals surface area (Å²) in [4.78, 5) is -0.243. The summed E-state index contributed by atoms with van der Waals surface area (Å²) in [5.41, 5.74) is 13.5. The van der Waals surface area contributed by atoms with E-state index in [1.165, 1.54) is 18.2 Å². The molecule has 0 bridgehead atoms. The second kappa shape index (κ2) is 4.79. The van der Waals surface area contributed by atoms with Gasteiger partial charge in [0.05, 0.1) is 16.3 Å². The smallest absolute Gasteiger partial charge is 0.294 e. The van der Waals surface area contributed by atoms with Crippen LogP contribution in [0.25, 0.3) is 0 Å². The number of rotatable bonds is 3. The van der Waals surface area contributed by atoms with E-state index in [2.05, 4.69) is 5.32 Å². The van der Waals surface area contributed by atoms with Gasteiger partial charge in [-0.2, -0.15) is 8.42 Å². The fourth-order valence-electron chi connectivity index (χ4n) is 1.54. The van der Waals surface area contributed by atoms with Crippen molar-refractivity contribution in [2.75, 3.05) is 16.8 Å². The van der Waals surface area contributed by atoms with E-state index < -0.39 is 10.1 Å². The van der Waals surface area contributed by atoms with Gasteiger partial charge in [0.15, 0.2) is 0 Å². The van der Waals surface area contributed by atoms with Crippen molar-refractivity contribution in [3.05, 3.63) is 42.5 Å². The fraction of sp³-hybridized carbons (Fsp3) is 0. The first-order chi connectivity index (χ1) is 8.86. The number of nitrogens with one attached hydrogen (secondary N) is 1. The van der Waals surface area contributed by atoms with Crippen LogP contribution < -0.4 is 16.8 Å². The standard InChI is InChI=1S/C12H13N3O3S/c13-8-1-3-9(4-2-8)15-12-6-5-10(7-11(12)14)19(16,17)18/h1-7,15H,13-14H2,(H,16,17,18). The number of hydrogen-bond acceptors (Lipinski definition) is 5. The summed E-state index contributed by atoms with van der Waals surface area (Å²) in [5, 5.41) is 3.02. The minimum absolute atomic E-state index is 0.215. The zero-order valence-electron chi connectivity index (χ0n) is 9.87. The number of hydrogen-bond donors (Lipinski definition) is 4. The van der Waals surface area contributed by atoms with Crippen LogP contribution in [-0.2, 0) is 10.1 Å². The lowest BCUT2D eigenvalue weighted by Gasteiger charge is -2.10. The number of nitrogens with two attached hydrogens (primary N) is 2. The quantitative estimate of drug-likeness (QED) is 0.503. The van der Waals surface area contributed by atoms with Crippen LogP contribution in [0.5, 0.6) is 0 Å². The lowest BCUT2D eigenvalue weighted by atomic mass is 10.2. The molecule has 6 N–H and O–H groups in total. The van der Waals surface area contributed by atoms with Crippen molar-refractivity contribution in [2.45, 2.75) is 4.90 Å². The first kappa shape index (κ1) is 13.2. The predicted molar refractivity (Wildman–Crippen MR) is 74.8 cm³/mol. The van der Waals surface area contributed by atoms with Gasteiger partial charge in [-0.05, 0) is 42.5 Å². The van der Waals surface area contributed by atoms with Crippen LogP contribution in [0.15, 0.2) is 47.4 Å². The molecule has 6 nitrogen and oxygen atoms in total. The van der Waals surface area contributed by atoms with E-state index in [-0.39, 0.29) is 10.6 Å². The maximum Gasteiger partial charge on any atom is 0.294 e. The summed E-state index contributed by atoms with van der Waals surface area (Å²) in [6.07, 6.45) is 0. The first-order valence-electron chi connectivity index (χ1n) is 5.36. The number of nitrogen functional groups attached to an aromatic ring is 2. The normalized spacial score (nSPS) is 11.2. The van der Waals surface area contributed by atoms with Crippen molar-refractivity contribution in [1.29, 1.82) is 0 Å². The third-order valence-electron chi connectivity index (χ3n) is 2.51. The second-order valence-corrected chi connectivity index (χ2v) is 5.39. The molecule has 0 spiro atoms. The number of anilines is 4. The molecule has 100 valence electrons. The van der Waals surface area contributed by atoms with Gasteiger partial charge in [-0.15, -0.1) is 0 Å². The highest BCUT2D eigenvalue weighted by Crippen LogP contribution is 2.26. The Hall–Kier alpha value is -2.25. The van der Waals surface area contributed by atoms with E-state index in [4.69, 9.17) is 16.0 Å². The molecule has 0 heterocycles. The van der Waals surface area contributed by atoms with Gasteiger partial charge in [0.1, 0.15) is 0 Å². The highest BCUT2D eigenvalue weighted by atomic mass is 32.2. The van der Waals surface area contributed by atoms with Crippen molar-refractivity contribution in [2.24, 2.45) is 0 Å². The van der Waals surface area contributed by atoms with E-state index in [1.54, 1.807) is 24.3 Å². The molecule has 0 unspecified atom stereocenters. The van der Waals surface area contributed by atoms with Crippen molar-refractivity contribution < 1.29 is 13.0 Å². The SMILES string of the molecule is Nc1ccc(Nc2ccc(S(=O)(=O)O)cc2N)cc1. The molecule has 2 aromatic carbocycles. The molecule has 0 fully saturated rings. The maximum atomic E-state index is 11.0. The molecule has 19 heavy (non-hydrogen) atoms. The molecule has 0 radical (unpaired) electrons. The van der Waals surface area contributed by atoms with Crippen LogP contribution >= 0.6 is 0 Å². The van der Waals surface area contributed by atoms with E-state index in [1.807, 2.05) is 0 Å². The topological polar surface area (TPSA) is 118 Å². The van der Waals surface area contributed by atoms with E-state index in [0.29, 0.717) is 11.4 Å². The van der Waals surface area contributed by atoms with E-state index >= 15 is 0 Å². The molecule has 7 heteroatoms. The van der Waals surface area contributed by atoms with Gasteiger partial charge in [-0.1, -0.05) is 0 Å². The Labute approximate surface area is 110 Å². The lowest BCUT2D eigenvalue weighted by Crippen LogP contribution is -2.02. The molecule has 0 atom stereocenters. The van der Waals surface area contributed by atoms with Gasteiger partial charge in [-0.3, -0.25) is 4.55 Å². The summed E-state index contributed by atoms with van der Waals surface area (Å²) in [6.45, 7) is 0. The Bertz CT molecular complexity index is 697. The highest BCUT2D eigenvalue weighted by molar-refractivity contribution is 7.85. The highest BCUT2D eigenvalue weighted by Gasteiger charge is 2.11. The summed E-state index contributed by atoms with van der Waals surface area (Å²) >= 11 is 0. The monoisotopic (exact) mass is 279 g/mol. The molecular formula is C12H13N3O3S. The van der Waals surface area contributed by atoms with Crippen LogP contribution in [0.4, 0.5) is 22.7 Å². The molecule has 0 saturated carbocycles. The van der Waals surface area contributed by atoms with E-state index in [0.717, 1.165) is 5.69 Å². The van der Waals surface area contributed by atoms with Gasteiger partial charge in [0.2, 0.25) is 0 Å². The molecular weight excluding hydrogens is 266 g/mol. The second-order valence-electron chi connectivity index (χ2n) is 3.97. The first-order valence-corrected chi connectivity index (χ1v) is 6.80. The van der Waals surface area contributed by atoms with E-state index in [9.17, 15) is 8.42 Å². The fourth-order valence-corrected chi connectivity index (χ4v) is 2.05. The minimum Gasteiger partial charge on any atom is -0.399 e. The minimum atomic E-state index is -4.24. The summed E-state index contributed by atoms with van der Waals surface area (Å²) in [6, 6.07) is 10.9. The van der Waals surface area contributed by atoms with Crippen LogP contribution in [0.2, 0.25) is 0 Å². The molecule has 0 amide bonds. The van der Waals surface area contributed by atoms with Gasteiger partial charge >= 0.3 is 0 Å². The third kappa shape index (κ3) is 3.15. The Balaban J connectivity index is 2.29. The van der Waals surface area contributed by atoms with Gasteiger partial charge in [0, 0.05) is 11.4 Å². The van der Waals surface area contributed by atoms with Gasteiger partial charge in [0.25, 0.3) is 10.1 Å². The largest absolute Gasteiger partial charge is 0.399 e. The zero-order valence-corrected chi connectivity index (χ0v) is 10.7. The van der Waals surface area contributed by atoms with Crippen molar-refractivity contribution in [3.63, 3.8) is 0 Å². The Morgan fingerprint density at radius 2 is 1.63 bits per heavy atom. The lowest BCUT2D eigenvalue weighted by molar-refractivity contribution is 0.483. The number of benzene rings is 2. The zero-order chi connectivity index (χ0) is 14.0. The molecule has 0 aliphatic carbocycles. The Morgan fingerprint density at radius 1 is 1.00 bits per heavy atom. The van der Waals surface area contributed by atoms with Crippen molar-refractivity contribution in [3.8, 4) is 0 Å². The van der Waals surface area contributed by atoms with Crippen molar-refractivity contribution in [1.82, 2.24) is 0 Å². The average molecular weight is 279 g/mol. The molecule has 0 aliphatic rings. The molecule has 2 aromatic rings. The average Bonchev–Trinajstić information content (AvgIpc) is 2.33. The predicted octanol–water partition coefficient (Wildman–Crippen LogP) is 1.84. The Kier molecular flexibility index (Phi) is 3.32. The van der Waals surface area contributed by atoms with Crippen LogP contribution in [0.3, 0.4) is 0 Å². The van der Waals surface area contributed by atoms with Gasteiger partial charge < -0.3 is 16.8 Å². The van der Waals surface area contributed by atoms with Crippen LogP contribution in [0, 0.1) is 0 Å². The molecule has 2 rings (SSSR count).